The topological polar surface area (TPSA) is 64.1 Å². The Labute approximate surface area is 167 Å². The molecule has 2 aromatic carbocycles. The van der Waals surface area contributed by atoms with Gasteiger partial charge in [-0.15, -0.1) is 0 Å². The van der Waals surface area contributed by atoms with E-state index in [0.29, 0.717) is 6.54 Å². The van der Waals surface area contributed by atoms with Gasteiger partial charge in [-0.3, -0.25) is 0 Å². The molecule has 0 amide bonds. The summed E-state index contributed by atoms with van der Waals surface area (Å²) >= 11 is 0. The van der Waals surface area contributed by atoms with E-state index in [9.17, 15) is 0 Å². The lowest BCUT2D eigenvalue weighted by molar-refractivity contribution is 0.354. The first-order valence-corrected chi connectivity index (χ1v) is 9.56. The standard InChI is InChI=1S/C22H31N3O3/c1-5-23-22(25-16-18-8-11-19(26-2)12-9-18)24-14-6-7-17-10-13-20(27-3)21(15-17)28-4/h8-13,15H,5-7,14,16H2,1-4H3,(H2,23,24,25). The van der Waals surface area contributed by atoms with Gasteiger partial charge in [0.1, 0.15) is 5.75 Å². The normalized spacial score (nSPS) is 11.1. The van der Waals surface area contributed by atoms with Gasteiger partial charge < -0.3 is 24.8 Å². The van der Waals surface area contributed by atoms with E-state index in [2.05, 4.69) is 28.6 Å². The summed E-state index contributed by atoms with van der Waals surface area (Å²) in [5.74, 6) is 3.20. The zero-order valence-corrected chi connectivity index (χ0v) is 17.2. The molecule has 0 aromatic heterocycles. The summed E-state index contributed by atoms with van der Waals surface area (Å²) in [6.07, 6.45) is 1.94. The van der Waals surface area contributed by atoms with Gasteiger partial charge in [0.05, 0.1) is 27.9 Å². The van der Waals surface area contributed by atoms with Crippen LogP contribution in [0.1, 0.15) is 24.5 Å². The number of ether oxygens (including phenoxy) is 3. The Morgan fingerprint density at radius 2 is 1.57 bits per heavy atom. The Balaban J connectivity index is 1.83. The molecule has 0 heterocycles. The fourth-order valence-corrected chi connectivity index (χ4v) is 2.78. The molecule has 0 radical (unpaired) electrons. The predicted molar refractivity (Wildman–Crippen MR) is 114 cm³/mol. The molecule has 2 rings (SSSR count). The van der Waals surface area contributed by atoms with Gasteiger partial charge in [-0.05, 0) is 55.2 Å². The van der Waals surface area contributed by atoms with E-state index < -0.39 is 0 Å². The minimum atomic E-state index is 0.620. The smallest absolute Gasteiger partial charge is 0.191 e. The number of nitrogens with zero attached hydrogens (tertiary/aromatic N) is 1. The van der Waals surface area contributed by atoms with Crippen molar-refractivity contribution in [2.24, 2.45) is 4.99 Å². The molecule has 0 aliphatic heterocycles. The third-order valence-corrected chi connectivity index (χ3v) is 4.31. The van der Waals surface area contributed by atoms with Crippen LogP contribution in [-0.2, 0) is 13.0 Å². The van der Waals surface area contributed by atoms with Gasteiger partial charge in [-0.25, -0.2) is 4.99 Å². The second kappa shape index (κ2) is 11.7. The number of aliphatic imine (C=N–C) groups is 1. The molecule has 6 nitrogen and oxygen atoms in total. The van der Waals surface area contributed by atoms with Crippen LogP contribution in [0.3, 0.4) is 0 Å². The maximum absolute atomic E-state index is 5.36. The zero-order chi connectivity index (χ0) is 20.2. The number of hydrogen-bond acceptors (Lipinski definition) is 4. The molecule has 0 saturated heterocycles. The molecule has 2 N–H and O–H groups in total. The maximum Gasteiger partial charge on any atom is 0.191 e. The van der Waals surface area contributed by atoms with Crippen LogP contribution in [0.15, 0.2) is 47.5 Å². The van der Waals surface area contributed by atoms with Gasteiger partial charge in [-0.1, -0.05) is 18.2 Å². The Morgan fingerprint density at radius 3 is 2.21 bits per heavy atom. The number of hydrogen-bond donors (Lipinski definition) is 2. The Kier molecular flexibility index (Phi) is 8.98. The second-order valence-corrected chi connectivity index (χ2v) is 6.26. The summed E-state index contributed by atoms with van der Waals surface area (Å²) in [6.45, 7) is 4.34. The average molecular weight is 386 g/mol. The first kappa shape index (κ1) is 21.4. The molecular weight excluding hydrogens is 354 g/mol. The number of benzene rings is 2. The minimum absolute atomic E-state index is 0.620. The fourth-order valence-electron chi connectivity index (χ4n) is 2.78. The summed E-state index contributed by atoms with van der Waals surface area (Å²) in [6, 6.07) is 14.0. The largest absolute Gasteiger partial charge is 0.497 e. The van der Waals surface area contributed by atoms with Crippen molar-refractivity contribution in [3.05, 3.63) is 53.6 Å². The van der Waals surface area contributed by atoms with Gasteiger partial charge in [-0.2, -0.15) is 0 Å². The quantitative estimate of drug-likeness (QED) is 0.373. The van der Waals surface area contributed by atoms with Crippen molar-refractivity contribution in [3.8, 4) is 17.2 Å². The van der Waals surface area contributed by atoms with E-state index >= 15 is 0 Å². The minimum Gasteiger partial charge on any atom is -0.497 e. The highest BCUT2D eigenvalue weighted by Crippen LogP contribution is 2.27. The van der Waals surface area contributed by atoms with Crippen molar-refractivity contribution < 1.29 is 14.2 Å². The number of guanidine groups is 1. The monoisotopic (exact) mass is 385 g/mol. The third-order valence-electron chi connectivity index (χ3n) is 4.31. The van der Waals surface area contributed by atoms with Gasteiger partial charge in [0.25, 0.3) is 0 Å². The SMILES string of the molecule is CCNC(=NCc1ccc(OC)cc1)NCCCc1ccc(OC)c(OC)c1. The van der Waals surface area contributed by atoms with Crippen molar-refractivity contribution in [3.63, 3.8) is 0 Å². The number of aryl methyl sites for hydroxylation is 1. The molecular formula is C22H31N3O3. The van der Waals surface area contributed by atoms with Crippen molar-refractivity contribution >= 4 is 5.96 Å². The zero-order valence-electron chi connectivity index (χ0n) is 17.2. The molecule has 0 atom stereocenters. The first-order chi connectivity index (χ1) is 13.7. The average Bonchev–Trinajstić information content (AvgIpc) is 2.75. The van der Waals surface area contributed by atoms with Gasteiger partial charge in [0.15, 0.2) is 17.5 Å². The van der Waals surface area contributed by atoms with E-state index in [1.807, 2.05) is 36.4 Å². The van der Waals surface area contributed by atoms with Crippen molar-refractivity contribution in [2.45, 2.75) is 26.3 Å². The number of nitrogens with one attached hydrogen (secondary N) is 2. The van der Waals surface area contributed by atoms with Crippen LogP contribution in [-0.4, -0.2) is 40.4 Å². The first-order valence-electron chi connectivity index (χ1n) is 9.56. The van der Waals surface area contributed by atoms with E-state index in [-0.39, 0.29) is 0 Å². The third kappa shape index (κ3) is 6.68. The lowest BCUT2D eigenvalue weighted by Gasteiger charge is -2.12. The molecule has 0 aliphatic carbocycles. The van der Waals surface area contributed by atoms with E-state index in [4.69, 9.17) is 14.2 Å². The highest BCUT2D eigenvalue weighted by Gasteiger charge is 2.05. The Hall–Kier alpha value is -2.89. The summed E-state index contributed by atoms with van der Waals surface area (Å²) in [4.78, 5) is 4.65. The van der Waals surface area contributed by atoms with E-state index in [0.717, 1.165) is 54.7 Å². The van der Waals surface area contributed by atoms with Crippen molar-refractivity contribution in [1.29, 1.82) is 0 Å². The van der Waals surface area contributed by atoms with Crippen LogP contribution in [0.25, 0.3) is 0 Å². The van der Waals surface area contributed by atoms with Crippen LogP contribution in [0.5, 0.6) is 17.2 Å². The van der Waals surface area contributed by atoms with Crippen LogP contribution in [0.2, 0.25) is 0 Å². The molecule has 0 fully saturated rings. The van der Waals surface area contributed by atoms with Gasteiger partial charge >= 0.3 is 0 Å². The van der Waals surface area contributed by atoms with Crippen molar-refractivity contribution in [2.75, 3.05) is 34.4 Å². The number of rotatable bonds is 10. The van der Waals surface area contributed by atoms with E-state index in [1.54, 1.807) is 21.3 Å². The summed E-state index contributed by atoms with van der Waals surface area (Å²) in [5, 5.41) is 6.68. The van der Waals surface area contributed by atoms with Gasteiger partial charge in [0, 0.05) is 13.1 Å². The lowest BCUT2D eigenvalue weighted by Crippen LogP contribution is -2.37. The summed E-state index contributed by atoms with van der Waals surface area (Å²) < 4.78 is 15.8. The van der Waals surface area contributed by atoms with Crippen LogP contribution >= 0.6 is 0 Å². The second-order valence-electron chi connectivity index (χ2n) is 6.26. The molecule has 0 unspecified atom stereocenters. The van der Waals surface area contributed by atoms with Crippen LogP contribution in [0.4, 0.5) is 0 Å². The molecule has 0 aliphatic rings. The maximum atomic E-state index is 5.36. The van der Waals surface area contributed by atoms with E-state index in [1.165, 1.54) is 5.56 Å². The van der Waals surface area contributed by atoms with Gasteiger partial charge in [0.2, 0.25) is 0 Å². The molecule has 0 saturated carbocycles. The molecule has 6 heteroatoms. The molecule has 0 spiro atoms. The molecule has 152 valence electrons. The predicted octanol–water partition coefficient (Wildman–Crippen LogP) is 3.40. The number of methoxy groups -OCH3 is 3. The van der Waals surface area contributed by atoms with Crippen LogP contribution < -0.4 is 24.8 Å². The molecule has 2 aromatic rings. The fraction of sp³-hybridized carbons (Fsp3) is 0.409. The summed E-state index contributed by atoms with van der Waals surface area (Å²) in [7, 11) is 4.97. The van der Waals surface area contributed by atoms with Crippen molar-refractivity contribution in [1.82, 2.24) is 10.6 Å². The molecule has 28 heavy (non-hydrogen) atoms. The van der Waals surface area contributed by atoms with Crippen LogP contribution in [0, 0.1) is 0 Å². The Bertz CT molecular complexity index is 745. The highest BCUT2D eigenvalue weighted by molar-refractivity contribution is 5.79. The Morgan fingerprint density at radius 1 is 0.857 bits per heavy atom. The molecule has 0 bridgehead atoms. The lowest BCUT2D eigenvalue weighted by atomic mass is 10.1. The highest BCUT2D eigenvalue weighted by atomic mass is 16.5. The summed E-state index contributed by atoms with van der Waals surface area (Å²) in [5.41, 5.74) is 2.36.